The number of nitrogens with one attached hydrogen (secondary N) is 1. The Morgan fingerprint density at radius 3 is 2.19 bits per heavy atom. The van der Waals surface area contributed by atoms with Gasteiger partial charge in [-0.15, -0.1) is 0 Å². The summed E-state index contributed by atoms with van der Waals surface area (Å²) in [5.41, 5.74) is 3.77. The number of methoxy groups -OCH3 is 3. The Morgan fingerprint density at radius 2 is 1.55 bits per heavy atom. The van der Waals surface area contributed by atoms with Crippen molar-refractivity contribution in [3.63, 3.8) is 0 Å². The third-order valence-corrected chi connectivity index (χ3v) is 5.13. The number of hydrogen-bond acceptors (Lipinski definition) is 5. The van der Waals surface area contributed by atoms with Crippen LogP contribution in [0.3, 0.4) is 0 Å². The van der Waals surface area contributed by atoms with E-state index in [1.807, 2.05) is 60.1 Å². The van der Waals surface area contributed by atoms with Crippen LogP contribution in [0.25, 0.3) is 22.4 Å². The number of ether oxygens (including phenoxy) is 3. The second-order valence-electron chi connectivity index (χ2n) is 6.90. The Labute approximate surface area is 180 Å². The van der Waals surface area contributed by atoms with Crippen LogP contribution in [-0.2, 0) is 7.05 Å². The summed E-state index contributed by atoms with van der Waals surface area (Å²) in [6.07, 6.45) is 0. The quantitative estimate of drug-likeness (QED) is 0.499. The lowest BCUT2D eigenvalue weighted by molar-refractivity contribution is 0.102. The number of carbonyl (C=O) groups is 1. The van der Waals surface area contributed by atoms with E-state index in [1.165, 1.54) is 21.3 Å². The number of anilines is 1. The van der Waals surface area contributed by atoms with E-state index in [-0.39, 0.29) is 5.91 Å². The van der Waals surface area contributed by atoms with Gasteiger partial charge in [-0.25, -0.2) is 4.98 Å². The second kappa shape index (κ2) is 8.39. The number of amides is 1. The van der Waals surface area contributed by atoms with Crippen molar-refractivity contribution in [3.05, 3.63) is 66.2 Å². The van der Waals surface area contributed by atoms with Crippen molar-refractivity contribution in [2.75, 3.05) is 26.6 Å². The highest BCUT2D eigenvalue weighted by atomic mass is 16.5. The lowest BCUT2D eigenvalue weighted by Crippen LogP contribution is -2.13. The molecule has 0 fully saturated rings. The van der Waals surface area contributed by atoms with Crippen molar-refractivity contribution in [1.82, 2.24) is 9.55 Å². The van der Waals surface area contributed by atoms with Gasteiger partial charge in [0.2, 0.25) is 5.75 Å². The molecule has 158 valence electrons. The minimum atomic E-state index is -0.300. The average molecular weight is 417 g/mol. The topological polar surface area (TPSA) is 74.6 Å². The number of fused-ring (bicyclic) bond motifs is 1. The van der Waals surface area contributed by atoms with Gasteiger partial charge in [-0.1, -0.05) is 24.3 Å². The summed E-state index contributed by atoms with van der Waals surface area (Å²) >= 11 is 0. The number of para-hydroxylation sites is 3. The second-order valence-corrected chi connectivity index (χ2v) is 6.90. The minimum Gasteiger partial charge on any atom is -0.493 e. The van der Waals surface area contributed by atoms with Gasteiger partial charge in [-0.2, -0.15) is 0 Å². The molecule has 1 N–H and O–H groups in total. The minimum absolute atomic E-state index is 0.300. The first-order valence-corrected chi connectivity index (χ1v) is 9.69. The van der Waals surface area contributed by atoms with Gasteiger partial charge in [-0.3, -0.25) is 4.79 Å². The van der Waals surface area contributed by atoms with Crippen molar-refractivity contribution in [3.8, 4) is 28.6 Å². The molecule has 7 nitrogen and oxygen atoms in total. The highest BCUT2D eigenvalue weighted by molar-refractivity contribution is 6.07. The normalized spacial score (nSPS) is 10.7. The molecule has 0 saturated carbocycles. The monoisotopic (exact) mass is 417 g/mol. The number of carbonyl (C=O) groups excluding carboxylic acids is 1. The predicted molar refractivity (Wildman–Crippen MR) is 120 cm³/mol. The fourth-order valence-electron chi connectivity index (χ4n) is 3.58. The van der Waals surface area contributed by atoms with E-state index in [9.17, 15) is 4.79 Å². The molecule has 4 rings (SSSR count). The molecule has 0 bridgehead atoms. The predicted octanol–water partition coefficient (Wildman–Crippen LogP) is 4.52. The van der Waals surface area contributed by atoms with E-state index in [0.29, 0.717) is 28.5 Å². The Hall–Kier alpha value is -4.00. The molecule has 0 atom stereocenters. The highest BCUT2D eigenvalue weighted by Gasteiger charge is 2.19. The SMILES string of the molecule is COc1cc(C(=O)Nc2ccccc2-c2nc3ccccc3n2C)cc(OC)c1OC. The van der Waals surface area contributed by atoms with Crippen molar-refractivity contribution >= 4 is 22.6 Å². The first-order chi connectivity index (χ1) is 15.1. The average Bonchev–Trinajstić information content (AvgIpc) is 3.14. The molecule has 0 aliphatic heterocycles. The number of rotatable bonds is 6. The van der Waals surface area contributed by atoms with E-state index in [1.54, 1.807) is 12.1 Å². The Balaban J connectivity index is 1.73. The summed E-state index contributed by atoms with van der Waals surface area (Å²) in [6, 6.07) is 18.7. The molecule has 0 aliphatic carbocycles. The van der Waals surface area contributed by atoms with Gasteiger partial charge in [0, 0.05) is 18.2 Å². The van der Waals surface area contributed by atoms with Crippen LogP contribution in [0.1, 0.15) is 10.4 Å². The van der Waals surface area contributed by atoms with Crippen molar-refractivity contribution in [1.29, 1.82) is 0 Å². The summed E-state index contributed by atoms with van der Waals surface area (Å²) in [7, 11) is 6.51. The molecule has 0 unspecified atom stereocenters. The van der Waals surface area contributed by atoms with Crippen LogP contribution >= 0.6 is 0 Å². The molecular formula is C24H23N3O4. The van der Waals surface area contributed by atoms with E-state index in [2.05, 4.69) is 5.32 Å². The number of aryl methyl sites for hydroxylation is 1. The van der Waals surface area contributed by atoms with Gasteiger partial charge in [-0.05, 0) is 36.4 Å². The maximum absolute atomic E-state index is 13.1. The van der Waals surface area contributed by atoms with E-state index < -0.39 is 0 Å². The molecule has 31 heavy (non-hydrogen) atoms. The largest absolute Gasteiger partial charge is 0.493 e. The van der Waals surface area contributed by atoms with Gasteiger partial charge in [0.1, 0.15) is 5.82 Å². The molecule has 7 heteroatoms. The number of aromatic nitrogens is 2. The van der Waals surface area contributed by atoms with Gasteiger partial charge in [0.15, 0.2) is 11.5 Å². The molecule has 0 spiro atoms. The summed E-state index contributed by atoms with van der Waals surface area (Å²) in [5, 5.41) is 2.99. The highest BCUT2D eigenvalue weighted by Crippen LogP contribution is 2.38. The number of hydrogen-bond donors (Lipinski definition) is 1. The molecule has 1 amide bonds. The van der Waals surface area contributed by atoms with Crippen LogP contribution in [0.2, 0.25) is 0 Å². The molecule has 0 saturated heterocycles. The molecule has 1 heterocycles. The molecule has 0 radical (unpaired) electrons. The zero-order valence-electron chi connectivity index (χ0n) is 17.8. The molecular weight excluding hydrogens is 394 g/mol. The van der Waals surface area contributed by atoms with Crippen LogP contribution < -0.4 is 19.5 Å². The van der Waals surface area contributed by atoms with E-state index in [4.69, 9.17) is 19.2 Å². The standard InChI is InChI=1S/C24H23N3O4/c1-27-19-12-8-7-11-18(19)25-23(27)16-9-5-6-10-17(16)26-24(28)15-13-20(29-2)22(31-4)21(14-15)30-3/h5-14H,1-4H3,(H,26,28). The van der Waals surface area contributed by atoms with Crippen LogP contribution in [0.5, 0.6) is 17.2 Å². The molecule has 1 aromatic heterocycles. The molecule has 3 aromatic carbocycles. The van der Waals surface area contributed by atoms with Crippen molar-refractivity contribution < 1.29 is 19.0 Å². The third kappa shape index (κ3) is 3.66. The maximum Gasteiger partial charge on any atom is 0.255 e. The van der Waals surface area contributed by atoms with Gasteiger partial charge >= 0.3 is 0 Å². The lowest BCUT2D eigenvalue weighted by Gasteiger charge is -2.15. The lowest BCUT2D eigenvalue weighted by atomic mass is 10.1. The smallest absolute Gasteiger partial charge is 0.255 e. The summed E-state index contributed by atoms with van der Waals surface area (Å²) in [4.78, 5) is 17.9. The fourth-order valence-corrected chi connectivity index (χ4v) is 3.58. The molecule has 4 aromatic rings. The number of benzene rings is 3. The number of imidazole rings is 1. The van der Waals surface area contributed by atoms with Crippen LogP contribution in [-0.4, -0.2) is 36.8 Å². The van der Waals surface area contributed by atoms with E-state index in [0.717, 1.165) is 22.4 Å². The van der Waals surface area contributed by atoms with Crippen molar-refractivity contribution in [2.24, 2.45) is 7.05 Å². The Morgan fingerprint density at radius 1 is 0.903 bits per heavy atom. The number of nitrogens with zero attached hydrogens (tertiary/aromatic N) is 2. The third-order valence-electron chi connectivity index (χ3n) is 5.13. The van der Waals surface area contributed by atoms with Gasteiger partial charge in [0.25, 0.3) is 5.91 Å². The van der Waals surface area contributed by atoms with Gasteiger partial charge in [0.05, 0.1) is 38.1 Å². The zero-order valence-corrected chi connectivity index (χ0v) is 17.8. The molecule has 0 aliphatic rings. The van der Waals surface area contributed by atoms with Crippen LogP contribution in [0.4, 0.5) is 5.69 Å². The first kappa shape index (κ1) is 20.3. The summed E-state index contributed by atoms with van der Waals surface area (Å²) < 4.78 is 18.1. The fraction of sp³-hybridized carbons (Fsp3) is 0.167. The van der Waals surface area contributed by atoms with Crippen molar-refractivity contribution in [2.45, 2.75) is 0 Å². The van der Waals surface area contributed by atoms with Gasteiger partial charge < -0.3 is 24.1 Å². The van der Waals surface area contributed by atoms with E-state index >= 15 is 0 Å². The first-order valence-electron chi connectivity index (χ1n) is 9.69. The zero-order chi connectivity index (χ0) is 22.0. The van der Waals surface area contributed by atoms with Crippen LogP contribution in [0, 0.1) is 0 Å². The maximum atomic E-state index is 13.1. The Kier molecular flexibility index (Phi) is 5.49. The summed E-state index contributed by atoms with van der Waals surface area (Å²) in [5.74, 6) is 1.72. The Bertz CT molecular complexity index is 1240. The summed E-state index contributed by atoms with van der Waals surface area (Å²) in [6.45, 7) is 0. The van der Waals surface area contributed by atoms with Crippen LogP contribution in [0.15, 0.2) is 60.7 Å².